The van der Waals surface area contributed by atoms with E-state index in [9.17, 15) is 19.0 Å². The maximum absolute atomic E-state index is 12.1. The number of nitrogens with one attached hydrogen (secondary N) is 1. The standard InChI is InChI=1S/C14H17F2NO2/c15-13(16)4-2-1-3-9-7-14(19)17-12-8-10(18)5-6-11(9)12/h5-8,13-14,17-19H,1-4H2. The lowest BCUT2D eigenvalue weighted by atomic mass is 9.95. The molecular formula is C14H17F2NO2. The van der Waals surface area contributed by atoms with Crippen molar-refractivity contribution in [3.8, 4) is 5.75 Å². The van der Waals surface area contributed by atoms with Gasteiger partial charge in [-0.05, 0) is 43.0 Å². The van der Waals surface area contributed by atoms with Gasteiger partial charge in [0.2, 0.25) is 6.43 Å². The lowest BCUT2D eigenvalue weighted by molar-refractivity contribution is 0.134. The number of rotatable bonds is 5. The number of alkyl halides is 2. The first-order valence-electron chi connectivity index (χ1n) is 6.33. The van der Waals surface area contributed by atoms with E-state index >= 15 is 0 Å². The van der Waals surface area contributed by atoms with Gasteiger partial charge < -0.3 is 15.5 Å². The number of aromatic hydroxyl groups is 1. The number of aliphatic hydroxyl groups excluding tert-OH is 1. The Hall–Kier alpha value is -1.62. The fourth-order valence-corrected chi connectivity index (χ4v) is 2.25. The highest BCUT2D eigenvalue weighted by Crippen LogP contribution is 2.34. The molecule has 1 aliphatic heterocycles. The number of phenols is 1. The number of halogens is 2. The van der Waals surface area contributed by atoms with Crippen molar-refractivity contribution in [2.45, 2.75) is 38.3 Å². The number of benzene rings is 1. The first-order chi connectivity index (χ1) is 9.06. The number of phenolic OH excluding ortho intramolecular Hbond substituents is 1. The maximum atomic E-state index is 12.1. The number of anilines is 1. The SMILES string of the molecule is Oc1ccc2c(c1)NC(O)C=C2CCCCC(F)F. The van der Waals surface area contributed by atoms with Crippen molar-refractivity contribution >= 4 is 11.3 Å². The fraction of sp³-hybridized carbons (Fsp3) is 0.429. The van der Waals surface area contributed by atoms with Gasteiger partial charge in [0.05, 0.1) is 0 Å². The van der Waals surface area contributed by atoms with Crippen LogP contribution in [0, 0.1) is 0 Å². The minimum Gasteiger partial charge on any atom is -0.508 e. The van der Waals surface area contributed by atoms with Crippen molar-refractivity contribution in [2.24, 2.45) is 0 Å². The molecule has 0 aromatic heterocycles. The topological polar surface area (TPSA) is 52.5 Å². The highest BCUT2D eigenvalue weighted by atomic mass is 19.3. The van der Waals surface area contributed by atoms with Crippen LogP contribution in [0.3, 0.4) is 0 Å². The molecule has 3 N–H and O–H groups in total. The molecule has 0 fully saturated rings. The zero-order valence-electron chi connectivity index (χ0n) is 10.4. The molecule has 0 saturated heterocycles. The predicted molar refractivity (Wildman–Crippen MR) is 70.2 cm³/mol. The molecule has 1 aromatic carbocycles. The van der Waals surface area contributed by atoms with Crippen LogP contribution in [0.2, 0.25) is 0 Å². The van der Waals surface area contributed by atoms with Gasteiger partial charge in [-0.2, -0.15) is 0 Å². The molecule has 0 saturated carbocycles. The second-order valence-electron chi connectivity index (χ2n) is 4.65. The summed E-state index contributed by atoms with van der Waals surface area (Å²) in [5.74, 6) is 0.123. The summed E-state index contributed by atoms with van der Waals surface area (Å²) in [6.45, 7) is 0. The maximum Gasteiger partial charge on any atom is 0.238 e. The smallest absolute Gasteiger partial charge is 0.238 e. The Morgan fingerprint density at radius 1 is 1.26 bits per heavy atom. The molecular weight excluding hydrogens is 252 g/mol. The summed E-state index contributed by atoms with van der Waals surface area (Å²) in [7, 11) is 0. The third-order valence-corrected chi connectivity index (χ3v) is 3.13. The van der Waals surface area contributed by atoms with Crippen LogP contribution in [0.1, 0.15) is 31.2 Å². The number of fused-ring (bicyclic) bond motifs is 1. The van der Waals surface area contributed by atoms with E-state index in [0.29, 0.717) is 24.9 Å². The number of unbranched alkanes of at least 4 members (excludes halogenated alkanes) is 1. The average molecular weight is 269 g/mol. The van der Waals surface area contributed by atoms with Gasteiger partial charge >= 0.3 is 0 Å². The molecule has 1 aromatic rings. The van der Waals surface area contributed by atoms with E-state index < -0.39 is 12.7 Å². The van der Waals surface area contributed by atoms with Gasteiger partial charge in [-0.15, -0.1) is 0 Å². The molecule has 1 aliphatic rings. The molecule has 1 heterocycles. The van der Waals surface area contributed by atoms with Crippen LogP contribution in [0.15, 0.2) is 24.3 Å². The van der Waals surface area contributed by atoms with E-state index in [-0.39, 0.29) is 12.2 Å². The van der Waals surface area contributed by atoms with Gasteiger partial charge in [-0.3, -0.25) is 0 Å². The third-order valence-electron chi connectivity index (χ3n) is 3.13. The quantitative estimate of drug-likeness (QED) is 0.718. The Kier molecular flexibility index (Phi) is 4.37. The van der Waals surface area contributed by atoms with Crippen LogP contribution in [0.4, 0.5) is 14.5 Å². The Balaban J connectivity index is 2.04. The summed E-state index contributed by atoms with van der Waals surface area (Å²) in [6, 6.07) is 4.89. The molecule has 0 amide bonds. The monoisotopic (exact) mass is 269 g/mol. The molecule has 3 nitrogen and oxygen atoms in total. The van der Waals surface area contributed by atoms with Crippen molar-refractivity contribution in [1.82, 2.24) is 0 Å². The number of allylic oxidation sites excluding steroid dienone is 1. The minimum atomic E-state index is -2.25. The van der Waals surface area contributed by atoms with E-state index in [2.05, 4.69) is 5.32 Å². The molecule has 1 atom stereocenters. The van der Waals surface area contributed by atoms with E-state index in [1.54, 1.807) is 24.3 Å². The molecule has 19 heavy (non-hydrogen) atoms. The molecule has 5 heteroatoms. The number of hydrogen-bond acceptors (Lipinski definition) is 3. The Morgan fingerprint density at radius 3 is 2.79 bits per heavy atom. The zero-order chi connectivity index (χ0) is 13.8. The molecule has 2 rings (SSSR count). The predicted octanol–water partition coefficient (Wildman–Crippen LogP) is 3.35. The molecule has 0 bridgehead atoms. The van der Waals surface area contributed by atoms with Crippen molar-refractivity contribution in [3.05, 3.63) is 29.8 Å². The number of aliphatic hydroxyl groups is 1. The Labute approximate surface area is 110 Å². The van der Waals surface area contributed by atoms with E-state index in [1.165, 1.54) is 0 Å². The van der Waals surface area contributed by atoms with Gasteiger partial charge in [0.1, 0.15) is 12.0 Å². The third kappa shape index (κ3) is 3.67. The van der Waals surface area contributed by atoms with Crippen molar-refractivity contribution in [1.29, 1.82) is 0 Å². The Morgan fingerprint density at radius 2 is 2.05 bits per heavy atom. The average Bonchev–Trinajstić information content (AvgIpc) is 2.33. The van der Waals surface area contributed by atoms with Gasteiger partial charge in [0, 0.05) is 23.7 Å². The van der Waals surface area contributed by atoms with Crippen LogP contribution < -0.4 is 5.32 Å². The highest BCUT2D eigenvalue weighted by Gasteiger charge is 2.17. The summed E-state index contributed by atoms with van der Waals surface area (Å²) in [5, 5.41) is 21.9. The van der Waals surface area contributed by atoms with Crippen LogP contribution in [-0.4, -0.2) is 22.9 Å². The van der Waals surface area contributed by atoms with Crippen molar-refractivity contribution in [2.75, 3.05) is 5.32 Å². The zero-order valence-corrected chi connectivity index (χ0v) is 10.4. The Bertz CT molecular complexity index is 475. The summed E-state index contributed by atoms with van der Waals surface area (Å²) >= 11 is 0. The lowest BCUT2D eigenvalue weighted by Crippen LogP contribution is -2.20. The number of hydrogen-bond donors (Lipinski definition) is 3. The van der Waals surface area contributed by atoms with Crippen molar-refractivity contribution < 1.29 is 19.0 Å². The lowest BCUT2D eigenvalue weighted by Gasteiger charge is -2.23. The second-order valence-corrected chi connectivity index (χ2v) is 4.65. The minimum absolute atomic E-state index is 0.0868. The van der Waals surface area contributed by atoms with Gasteiger partial charge in [-0.1, -0.05) is 0 Å². The molecule has 1 unspecified atom stereocenters. The molecule has 0 spiro atoms. The van der Waals surface area contributed by atoms with Gasteiger partial charge in [-0.25, -0.2) is 8.78 Å². The normalized spacial score (nSPS) is 17.9. The van der Waals surface area contributed by atoms with Gasteiger partial charge in [0.25, 0.3) is 0 Å². The van der Waals surface area contributed by atoms with Gasteiger partial charge in [0.15, 0.2) is 0 Å². The fourth-order valence-electron chi connectivity index (χ4n) is 2.25. The summed E-state index contributed by atoms with van der Waals surface area (Å²) in [6.07, 6.45) is 0.299. The highest BCUT2D eigenvalue weighted by molar-refractivity contribution is 5.80. The second kappa shape index (κ2) is 6.02. The van der Waals surface area contributed by atoms with Crippen LogP contribution in [-0.2, 0) is 0 Å². The first kappa shape index (κ1) is 13.8. The molecule has 0 radical (unpaired) electrons. The molecule has 0 aliphatic carbocycles. The molecule has 104 valence electrons. The van der Waals surface area contributed by atoms with Crippen LogP contribution in [0.5, 0.6) is 5.75 Å². The van der Waals surface area contributed by atoms with Crippen LogP contribution in [0.25, 0.3) is 5.57 Å². The largest absolute Gasteiger partial charge is 0.508 e. The first-order valence-corrected chi connectivity index (χ1v) is 6.33. The van der Waals surface area contributed by atoms with E-state index in [1.807, 2.05) is 0 Å². The summed E-state index contributed by atoms with van der Waals surface area (Å²) in [4.78, 5) is 0. The van der Waals surface area contributed by atoms with E-state index in [0.717, 1.165) is 11.1 Å². The van der Waals surface area contributed by atoms with Crippen molar-refractivity contribution in [3.63, 3.8) is 0 Å². The summed E-state index contributed by atoms with van der Waals surface area (Å²) < 4.78 is 24.1. The summed E-state index contributed by atoms with van der Waals surface area (Å²) in [5.41, 5.74) is 2.49. The van der Waals surface area contributed by atoms with Crippen LogP contribution >= 0.6 is 0 Å². The van der Waals surface area contributed by atoms with E-state index in [4.69, 9.17) is 0 Å².